The van der Waals surface area contributed by atoms with Gasteiger partial charge in [0.15, 0.2) is 0 Å². The maximum Gasteiger partial charge on any atom is 0.243 e. The van der Waals surface area contributed by atoms with E-state index in [9.17, 15) is 26.0 Å². The lowest BCUT2D eigenvalue weighted by atomic mass is 10.3. The minimum atomic E-state index is -3.80. The van der Waals surface area contributed by atoms with Gasteiger partial charge < -0.3 is 4.90 Å². The van der Waals surface area contributed by atoms with E-state index >= 15 is 0 Å². The average molecular weight is 463 g/mol. The number of carbonyl (C=O) groups is 1. The predicted molar refractivity (Wildman–Crippen MR) is 109 cm³/mol. The first-order valence-electron chi connectivity index (χ1n) is 9.87. The SMILES string of the molecule is CCS(=O)(=O)N1CCN(CC(=O)N2CCN(S(=O)(=O)c3cccc(F)c3)CC2)CC1. The van der Waals surface area contributed by atoms with E-state index in [2.05, 4.69) is 0 Å². The first kappa shape index (κ1) is 23.1. The second-order valence-corrected chi connectivity index (χ2v) is 11.5. The Morgan fingerprint density at radius 1 is 0.933 bits per heavy atom. The van der Waals surface area contributed by atoms with Gasteiger partial charge in [0.05, 0.1) is 17.2 Å². The molecular formula is C18H27FN4O5S2. The summed E-state index contributed by atoms with van der Waals surface area (Å²) in [5, 5.41) is 0. The van der Waals surface area contributed by atoms with Gasteiger partial charge in [-0.05, 0) is 25.1 Å². The molecule has 1 aromatic rings. The van der Waals surface area contributed by atoms with Gasteiger partial charge >= 0.3 is 0 Å². The van der Waals surface area contributed by atoms with Crippen LogP contribution in [0.4, 0.5) is 4.39 Å². The maximum atomic E-state index is 13.4. The number of rotatable bonds is 6. The minimum absolute atomic E-state index is 0.0642. The first-order valence-corrected chi connectivity index (χ1v) is 12.9. The van der Waals surface area contributed by atoms with E-state index in [1.807, 2.05) is 4.90 Å². The van der Waals surface area contributed by atoms with Crippen molar-refractivity contribution in [1.82, 2.24) is 18.4 Å². The molecule has 1 amide bonds. The highest BCUT2D eigenvalue weighted by Gasteiger charge is 2.32. The molecule has 0 spiro atoms. The van der Waals surface area contributed by atoms with Gasteiger partial charge in [0.25, 0.3) is 0 Å². The molecule has 0 saturated carbocycles. The monoisotopic (exact) mass is 462 g/mol. The van der Waals surface area contributed by atoms with Crippen molar-refractivity contribution >= 4 is 26.0 Å². The summed E-state index contributed by atoms with van der Waals surface area (Å²) < 4.78 is 65.3. The van der Waals surface area contributed by atoms with Crippen LogP contribution in [0.3, 0.4) is 0 Å². The van der Waals surface area contributed by atoms with Gasteiger partial charge in [0.1, 0.15) is 5.82 Å². The largest absolute Gasteiger partial charge is 0.339 e. The summed E-state index contributed by atoms with van der Waals surface area (Å²) in [6.07, 6.45) is 0. The summed E-state index contributed by atoms with van der Waals surface area (Å²) in [6, 6.07) is 4.89. The molecule has 2 aliphatic rings. The zero-order valence-electron chi connectivity index (χ0n) is 16.9. The number of halogens is 1. The van der Waals surface area contributed by atoms with Crippen LogP contribution < -0.4 is 0 Å². The third-order valence-electron chi connectivity index (χ3n) is 5.47. The maximum absolute atomic E-state index is 13.4. The van der Waals surface area contributed by atoms with Crippen LogP contribution in [0, 0.1) is 5.82 Å². The van der Waals surface area contributed by atoms with Gasteiger partial charge in [-0.15, -0.1) is 0 Å². The van der Waals surface area contributed by atoms with Gasteiger partial charge in [-0.1, -0.05) is 6.07 Å². The van der Waals surface area contributed by atoms with E-state index in [-0.39, 0.29) is 49.3 Å². The third-order valence-corrected chi connectivity index (χ3v) is 9.25. The molecule has 2 aliphatic heterocycles. The Morgan fingerprint density at radius 3 is 2.10 bits per heavy atom. The van der Waals surface area contributed by atoms with Gasteiger partial charge in [0.2, 0.25) is 26.0 Å². The van der Waals surface area contributed by atoms with Gasteiger partial charge in [0, 0.05) is 52.4 Å². The molecule has 9 nitrogen and oxygen atoms in total. The average Bonchev–Trinajstić information content (AvgIpc) is 2.74. The van der Waals surface area contributed by atoms with Crippen LogP contribution in [0.2, 0.25) is 0 Å². The fourth-order valence-electron chi connectivity index (χ4n) is 3.59. The fourth-order valence-corrected chi connectivity index (χ4v) is 6.13. The number of hydrogen-bond donors (Lipinski definition) is 0. The molecule has 2 heterocycles. The fraction of sp³-hybridized carbons (Fsp3) is 0.611. The van der Waals surface area contributed by atoms with Crippen molar-refractivity contribution in [1.29, 1.82) is 0 Å². The number of hydrogen-bond acceptors (Lipinski definition) is 6. The van der Waals surface area contributed by atoms with Crippen LogP contribution in [0.15, 0.2) is 29.2 Å². The molecule has 2 fully saturated rings. The smallest absolute Gasteiger partial charge is 0.243 e. The summed E-state index contributed by atoms with van der Waals surface area (Å²) in [4.78, 5) is 16.0. The molecular weight excluding hydrogens is 435 g/mol. The number of sulfonamides is 2. The van der Waals surface area contributed by atoms with E-state index in [0.717, 1.165) is 6.07 Å². The van der Waals surface area contributed by atoms with E-state index in [1.54, 1.807) is 11.8 Å². The third kappa shape index (κ3) is 5.17. The number of carbonyl (C=O) groups excluding carboxylic acids is 1. The molecule has 0 N–H and O–H groups in total. The summed E-state index contributed by atoms with van der Waals surface area (Å²) in [7, 11) is -7.01. The van der Waals surface area contributed by atoms with Crippen molar-refractivity contribution in [2.75, 3.05) is 64.7 Å². The van der Waals surface area contributed by atoms with Crippen LogP contribution in [0.1, 0.15) is 6.92 Å². The number of nitrogens with zero attached hydrogens (tertiary/aromatic N) is 4. The molecule has 0 unspecified atom stereocenters. The molecule has 12 heteroatoms. The Labute approximate surface area is 177 Å². The van der Waals surface area contributed by atoms with Crippen molar-refractivity contribution in [2.45, 2.75) is 11.8 Å². The van der Waals surface area contributed by atoms with Crippen molar-refractivity contribution in [3.05, 3.63) is 30.1 Å². The van der Waals surface area contributed by atoms with E-state index < -0.39 is 25.9 Å². The lowest BCUT2D eigenvalue weighted by molar-refractivity contribution is -0.133. The van der Waals surface area contributed by atoms with Crippen molar-refractivity contribution in [3.63, 3.8) is 0 Å². The van der Waals surface area contributed by atoms with Crippen LogP contribution in [0.25, 0.3) is 0 Å². The van der Waals surface area contributed by atoms with E-state index in [4.69, 9.17) is 0 Å². The minimum Gasteiger partial charge on any atom is -0.339 e. The highest BCUT2D eigenvalue weighted by atomic mass is 32.2. The van der Waals surface area contributed by atoms with Crippen molar-refractivity contribution < 1.29 is 26.0 Å². The molecule has 0 radical (unpaired) electrons. The van der Waals surface area contributed by atoms with Crippen molar-refractivity contribution in [2.24, 2.45) is 0 Å². The molecule has 3 rings (SSSR count). The summed E-state index contributed by atoms with van der Waals surface area (Å²) in [5.74, 6) is -0.657. The highest BCUT2D eigenvalue weighted by molar-refractivity contribution is 7.89. The van der Waals surface area contributed by atoms with Gasteiger partial charge in [-0.3, -0.25) is 9.69 Å². The lowest BCUT2D eigenvalue weighted by Crippen LogP contribution is -2.55. The molecule has 0 aromatic heterocycles. The Bertz CT molecular complexity index is 970. The first-order chi connectivity index (χ1) is 14.1. The standard InChI is InChI=1S/C18H27FN4O5S2/c1-2-29(25,26)22-10-6-20(7-11-22)15-18(24)21-8-12-23(13-9-21)30(27,28)17-5-3-4-16(19)14-17/h3-5,14H,2,6-13,15H2,1H3. The second-order valence-electron chi connectivity index (χ2n) is 7.32. The molecule has 0 bridgehead atoms. The number of benzene rings is 1. The van der Waals surface area contributed by atoms with E-state index in [1.165, 1.54) is 26.8 Å². The Balaban J connectivity index is 1.50. The zero-order valence-corrected chi connectivity index (χ0v) is 18.5. The molecule has 1 aromatic carbocycles. The Morgan fingerprint density at radius 2 is 1.53 bits per heavy atom. The Kier molecular flexibility index (Phi) is 7.13. The normalized spacial score (nSPS) is 20.4. The highest BCUT2D eigenvalue weighted by Crippen LogP contribution is 2.18. The van der Waals surface area contributed by atoms with Crippen molar-refractivity contribution in [3.8, 4) is 0 Å². The zero-order chi connectivity index (χ0) is 21.9. The predicted octanol–water partition coefficient (Wildman–Crippen LogP) is -0.374. The Hall–Kier alpha value is -1.60. The quantitative estimate of drug-likeness (QED) is 0.572. The summed E-state index contributed by atoms with van der Waals surface area (Å²) in [6.45, 7) is 4.30. The van der Waals surface area contributed by atoms with Gasteiger partial charge in [-0.25, -0.2) is 21.2 Å². The van der Waals surface area contributed by atoms with E-state index in [0.29, 0.717) is 26.2 Å². The number of amides is 1. The second kappa shape index (κ2) is 9.27. The van der Waals surface area contributed by atoms with Gasteiger partial charge in [-0.2, -0.15) is 8.61 Å². The van der Waals surface area contributed by atoms with Crippen LogP contribution in [0.5, 0.6) is 0 Å². The molecule has 0 aliphatic carbocycles. The molecule has 0 atom stereocenters. The van der Waals surface area contributed by atoms with Crippen LogP contribution in [-0.4, -0.2) is 106 Å². The van der Waals surface area contributed by atoms with Crippen LogP contribution >= 0.6 is 0 Å². The summed E-state index contributed by atoms with van der Waals surface area (Å²) >= 11 is 0. The number of piperazine rings is 2. The summed E-state index contributed by atoms with van der Waals surface area (Å²) in [5.41, 5.74) is 0. The lowest BCUT2D eigenvalue weighted by Gasteiger charge is -2.37. The molecule has 2 saturated heterocycles. The molecule has 30 heavy (non-hydrogen) atoms. The topological polar surface area (TPSA) is 98.3 Å². The molecule has 168 valence electrons. The van der Waals surface area contributed by atoms with Crippen LogP contribution in [-0.2, 0) is 24.8 Å².